The first kappa shape index (κ1) is 19.2. The molecule has 2 aliphatic rings. The Balaban J connectivity index is 1.42. The summed E-state index contributed by atoms with van der Waals surface area (Å²) in [5.41, 5.74) is 4.73. The van der Waals surface area contributed by atoms with Gasteiger partial charge in [-0.25, -0.2) is 0 Å². The molecule has 0 aromatic heterocycles. The fourth-order valence-electron chi connectivity index (χ4n) is 3.87. The van der Waals surface area contributed by atoms with Gasteiger partial charge in [-0.05, 0) is 47.8 Å². The standard InChI is InChI=1S/C25H26N2O2/c28-24(27-15-5-1-2-6-16-27)14-13-19-9-11-20(12-10-19)17-22-18-21-7-3-4-8-23(21)26-25(22)29/h3-4,7-14,17H,1-2,5-6,15-16,18H2,(H,26,29)/b14-13+,22-17+. The SMILES string of the molecule is O=C1Nc2ccccc2C/C1=C\c1ccc(/C=C/C(=O)N2CCCCCC2)cc1. The molecule has 2 heterocycles. The van der Waals surface area contributed by atoms with Crippen molar-refractivity contribution in [3.05, 3.63) is 76.9 Å². The Morgan fingerprint density at radius 1 is 0.897 bits per heavy atom. The second kappa shape index (κ2) is 8.91. The van der Waals surface area contributed by atoms with Crippen molar-refractivity contribution in [2.75, 3.05) is 18.4 Å². The molecule has 2 amide bonds. The van der Waals surface area contributed by atoms with Gasteiger partial charge >= 0.3 is 0 Å². The van der Waals surface area contributed by atoms with Gasteiger partial charge in [0.2, 0.25) is 5.91 Å². The normalized spacial score (nSPS) is 18.4. The van der Waals surface area contributed by atoms with Crippen LogP contribution in [-0.4, -0.2) is 29.8 Å². The predicted octanol–water partition coefficient (Wildman–Crippen LogP) is 4.68. The highest BCUT2D eigenvalue weighted by Crippen LogP contribution is 2.26. The Kier molecular flexibility index (Phi) is 5.89. The van der Waals surface area contributed by atoms with E-state index >= 15 is 0 Å². The molecule has 0 radical (unpaired) electrons. The summed E-state index contributed by atoms with van der Waals surface area (Å²) in [5, 5.41) is 2.95. The molecular formula is C25H26N2O2. The number of hydrogen-bond acceptors (Lipinski definition) is 2. The first-order valence-electron chi connectivity index (χ1n) is 10.4. The monoisotopic (exact) mass is 386 g/mol. The topological polar surface area (TPSA) is 49.4 Å². The van der Waals surface area contributed by atoms with E-state index in [1.54, 1.807) is 6.08 Å². The van der Waals surface area contributed by atoms with Gasteiger partial charge in [-0.15, -0.1) is 0 Å². The van der Waals surface area contributed by atoms with Gasteiger partial charge in [0.15, 0.2) is 0 Å². The Morgan fingerprint density at radius 2 is 1.59 bits per heavy atom. The van der Waals surface area contributed by atoms with E-state index in [2.05, 4.69) is 5.32 Å². The summed E-state index contributed by atoms with van der Waals surface area (Å²) in [5.74, 6) is 0.0476. The minimum absolute atomic E-state index is 0.0456. The van der Waals surface area contributed by atoms with E-state index in [1.165, 1.54) is 12.8 Å². The number of carbonyl (C=O) groups is 2. The number of benzene rings is 2. The zero-order valence-corrected chi connectivity index (χ0v) is 16.6. The number of fused-ring (bicyclic) bond motifs is 1. The minimum Gasteiger partial charge on any atom is -0.339 e. The van der Waals surface area contributed by atoms with Crippen molar-refractivity contribution in [3.8, 4) is 0 Å². The van der Waals surface area contributed by atoms with Crippen LogP contribution in [0.15, 0.2) is 60.2 Å². The summed E-state index contributed by atoms with van der Waals surface area (Å²) < 4.78 is 0. The molecule has 0 aliphatic carbocycles. The third-order valence-corrected chi connectivity index (χ3v) is 5.55. The molecule has 2 aromatic rings. The molecule has 4 heteroatoms. The molecule has 2 aromatic carbocycles. The second-order valence-electron chi connectivity index (χ2n) is 7.70. The van der Waals surface area contributed by atoms with Crippen LogP contribution in [0.25, 0.3) is 12.2 Å². The molecular weight excluding hydrogens is 360 g/mol. The molecule has 0 unspecified atom stereocenters. The number of anilines is 1. The lowest BCUT2D eigenvalue weighted by Crippen LogP contribution is -2.30. The lowest BCUT2D eigenvalue weighted by atomic mass is 9.96. The van der Waals surface area contributed by atoms with Crippen molar-refractivity contribution < 1.29 is 9.59 Å². The van der Waals surface area contributed by atoms with E-state index in [-0.39, 0.29) is 11.8 Å². The highest BCUT2D eigenvalue weighted by atomic mass is 16.2. The summed E-state index contributed by atoms with van der Waals surface area (Å²) >= 11 is 0. The van der Waals surface area contributed by atoms with Crippen molar-refractivity contribution in [2.24, 2.45) is 0 Å². The van der Waals surface area contributed by atoms with E-state index < -0.39 is 0 Å². The molecule has 29 heavy (non-hydrogen) atoms. The third-order valence-electron chi connectivity index (χ3n) is 5.55. The molecule has 0 bridgehead atoms. The van der Waals surface area contributed by atoms with E-state index in [1.807, 2.05) is 65.6 Å². The molecule has 0 spiro atoms. The smallest absolute Gasteiger partial charge is 0.251 e. The summed E-state index contributed by atoms with van der Waals surface area (Å²) in [7, 11) is 0. The number of carbonyl (C=O) groups excluding carboxylic acids is 2. The van der Waals surface area contributed by atoms with Crippen LogP contribution in [-0.2, 0) is 16.0 Å². The van der Waals surface area contributed by atoms with Gasteiger partial charge in [-0.1, -0.05) is 55.3 Å². The molecule has 0 atom stereocenters. The Morgan fingerprint density at radius 3 is 2.34 bits per heavy atom. The molecule has 0 saturated carbocycles. The quantitative estimate of drug-likeness (QED) is 0.779. The van der Waals surface area contributed by atoms with Crippen LogP contribution in [0.5, 0.6) is 0 Å². The maximum absolute atomic E-state index is 12.4. The van der Waals surface area contributed by atoms with Crippen molar-refractivity contribution in [1.29, 1.82) is 0 Å². The van der Waals surface area contributed by atoms with Crippen molar-refractivity contribution in [1.82, 2.24) is 4.90 Å². The van der Waals surface area contributed by atoms with Crippen LogP contribution in [0.4, 0.5) is 5.69 Å². The first-order chi connectivity index (χ1) is 14.2. The fraction of sp³-hybridized carbons (Fsp3) is 0.280. The lowest BCUT2D eigenvalue weighted by Gasteiger charge is -2.19. The summed E-state index contributed by atoms with van der Waals surface area (Å²) in [6, 6.07) is 15.8. The number of para-hydroxylation sites is 1. The number of amides is 2. The van der Waals surface area contributed by atoms with E-state index in [4.69, 9.17) is 0 Å². The molecule has 2 aliphatic heterocycles. The van der Waals surface area contributed by atoms with Crippen molar-refractivity contribution in [3.63, 3.8) is 0 Å². The largest absolute Gasteiger partial charge is 0.339 e. The van der Waals surface area contributed by atoms with Gasteiger partial charge in [0, 0.05) is 36.8 Å². The predicted molar refractivity (Wildman–Crippen MR) is 117 cm³/mol. The van der Waals surface area contributed by atoms with Crippen molar-refractivity contribution in [2.45, 2.75) is 32.1 Å². The summed E-state index contributed by atoms with van der Waals surface area (Å²) in [4.78, 5) is 26.7. The van der Waals surface area contributed by atoms with Crippen LogP contribution in [0.1, 0.15) is 42.4 Å². The molecule has 1 N–H and O–H groups in total. The second-order valence-corrected chi connectivity index (χ2v) is 7.70. The highest BCUT2D eigenvalue weighted by molar-refractivity contribution is 6.09. The molecule has 148 valence electrons. The van der Waals surface area contributed by atoms with E-state index in [0.29, 0.717) is 6.42 Å². The Hall–Kier alpha value is -3.14. The maximum Gasteiger partial charge on any atom is 0.251 e. The number of nitrogens with zero attached hydrogens (tertiary/aromatic N) is 1. The Bertz CT molecular complexity index is 949. The van der Waals surface area contributed by atoms with Crippen LogP contribution in [0.3, 0.4) is 0 Å². The molecule has 4 nitrogen and oxygen atoms in total. The number of nitrogens with one attached hydrogen (secondary N) is 1. The number of hydrogen-bond donors (Lipinski definition) is 1. The van der Waals surface area contributed by atoms with Crippen LogP contribution >= 0.6 is 0 Å². The first-order valence-corrected chi connectivity index (χ1v) is 10.4. The maximum atomic E-state index is 12.4. The van der Waals surface area contributed by atoms with Gasteiger partial charge in [0.25, 0.3) is 5.91 Å². The van der Waals surface area contributed by atoms with Crippen LogP contribution < -0.4 is 5.32 Å². The van der Waals surface area contributed by atoms with Gasteiger partial charge in [-0.2, -0.15) is 0 Å². The van der Waals surface area contributed by atoms with Gasteiger partial charge in [0.1, 0.15) is 0 Å². The highest BCUT2D eigenvalue weighted by Gasteiger charge is 2.19. The molecule has 1 saturated heterocycles. The number of likely N-dealkylation sites (tertiary alicyclic amines) is 1. The fourth-order valence-corrected chi connectivity index (χ4v) is 3.87. The van der Waals surface area contributed by atoms with Gasteiger partial charge in [-0.3, -0.25) is 9.59 Å². The van der Waals surface area contributed by atoms with E-state index in [0.717, 1.165) is 53.9 Å². The van der Waals surface area contributed by atoms with Gasteiger partial charge < -0.3 is 10.2 Å². The minimum atomic E-state index is -0.0456. The zero-order valence-electron chi connectivity index (χ0n) is 16.6. The van der Waals surface area contributed by atoms with Crippen molar-refractivity contribution >= 4 is 29.7 Å². The summed E-state index contributed by atoms with van der Waals surface area (Å²) in [6.45, 7) is 1.72. The zero-order chi connectivity index (χ0) is 20.1. The average molecular weight is 386 g/mol. The van der Waals surface area contributed by atoms with E-state index in [9.17, 15) is 9.59 Å². The molecule has 4 rings (SSSR count). The summed E-state index contributed by atoms with van der Waals surface area (Å²) in [6.07, 6.45) is 10.7. The lowest BCUT2D eigenvalue weighted by molar-refractivity contribution is -0.125. The van der Waals surface area contributed by atoms with Crippen LogP contribution in [0.2, 0.25) is 0 Å². The third kappa shape index (κ3) is 4.83. The Labute approximate surface area is 171 Å². The van der Waals surface area contributed by atoms with Gasteiger partial charge in [0.05, 0.1) is 0 Å². The van der Waals surface area contributed by atoms with Crippen LogP contribution in [0, 0.1) is 0 Å². The average Bonchev–Trinajstić information content (AvgIpc) is 3.03. The number of rotatable bonds is 3. The molecule has 1 fully saturated rings.